The minimum Gasteiger partial charge on any atom is -0.497 e. The molecule has 0 aliphatic heterocycles. The predicted octanol–water partition coefficient (Wildman–Crippen LogP) is 2.73. The van der Waals surface area contributed by atoms with Crippen LogP contribution in [0.3, 0.4) is 0 Å². The van der Waals surface area contributed by atoms with Crippen LogP contribution in [0.25, 0.3) is 11.0 Å². The predicted molar refractivity (Wildman–Crippen MR) is 113 cm³/mol. The molecule has 0 atom stereocenters. The Bertz CT molecular complexity index is 1090. The first-order chi connectivity index (χ1) is 14.0. The van der Waals surface area contributed by atoms with E-state index in [0.717, 1.165) is 11.8 Å². The van der Waals surface area contributed by atoms with Crippen LogP contribution in [0.5, 0.6) is 11.5 Å². The van der Waals surface area contributed by atoms with Crippen molar-refractivity contribution in [2.45, 2.75) is 11.7 Å². The van der Waals surface area contributed by atoms with Crippen molar-refractivity contribution >= 4 is 34.4 Å². The maximum absolute atomic E-state index is 12.7. The molecule has 0 saturated carbocycles. The summed E-state index contributed by atoms with van der Waals surface area (Å²) in [6.45, 7) is 3.97. The molecular weight excluding hydrogens is 392 g/mol. The molecule has 1 aromatic carbocycles. The molecule has 150 valence electrons. The molecule has 29 heavy (non-hydrogen) atoms. The third-order valence-electron chi connectivity index (χ3n) is 3.97. The van der Waals surface area contributed by atoms with E-state index >= 15 is 0 Å². The molecule has 0 aliphatic carbocycles. The number of hydrogen-bond acceptors (Lipinski definition) is 7. The van der Waals surface area contributed by atoms with Crippen molar-refractivity contribution in [2.75, 3.05) is 25.3 Å². The monoisotopic (exact) mass is 412 g/mol. The van der Waals surface area contributed by atoms with Gasteiger partial charge in [0, 0.05) is 36.6 Å². The summed E-state index contributed by atoms with van der Waals surface area (Å²) in [5.41, 5.74) is 0.671. The summed E-state index contributed by atoms with van der Waals surface area (Å²) in [6, 6.07) is 8.46. The normalized spacial score (nSPS) is 10.6. The van der Waals surface area contributed by atoms with Gasteiger partial charge in [0.2, 0.25) is 5.91 Å². The SMILES string of the molecule is C=CCn1c(SCC(=O)Nc2cc(OC)cc(OC)c2)nc2ncccc2c1=O. The third-order valence-corrected chi connectivity index (χ3v) is 4.95. The molecular formula is C20H20N4O4S. The number of aromatic nitrogens is 3. The van der Waals surface area contributed by atoms with Gasteiger partial charge in [-0.05, 0) is 12.1 Å². The van der Waals surface area contributed by atoms with E-state index in [0.29, 0.717) is 33.4 Å². The van der Waals surface area contributed by atoms with Gasteiger partial charge < -0.3 is 14.8 Å². The van der Waals surface area contributed by atoms with Crippen molar-refractivity contribution in [1.82, 2.24) is 14.5 Å². The molecule has 1 N–H and O–H groups in total. The van der Waals surface area contributed by atoms with Gasteiger partial charge in [0.1, 0.15) is 11.5 Å². The van der Waals surface area contributed by atoms with Crippen LogP contribution in [0.2, 0.25) is 0 Å². The van der Waals surface area contributed by atoms with Crippen molar-refractivity contribution in [3.8, 4) is 11.5 Å². The third kappa shape index (κ3) is 4.75. The second kappa shape index (κ2) is 9.24. The van der Waals surface area contributed by atoms with Gasteiger partial charge in [-0.2, -0.15) is 0 Å². The molecule has 1 amide bonds. The first-order valence-electron chi connectivity index (χ1n) is 8.68. The Balaban J connectivity index is 1.80. The van der Waals surface area contributed by atoms with Crippen molar-refractivity contribution in [3.63, 3.8) is 0 Å². The highest BCUT2D eigenvalue weighted by atomic mass is 32.2. The van der Waals surface area contributed by atoms with Crippen molar-refractivity contribution in [3.05, 3.63) is 59.5 Å². The number of amides is 1. The zero-order chi connectivity index (χ0) is 20.8. The second-order valence-electron chi connectivity index (χ2n) is 5.91. The Labute approximate surface area is 171 Å². The maximum Gasteiger partial charge on any atom is 0.263 e. The van der Waals surface area contributed by atoms with Crippen LogP contribution in [-0.4, -0.2) is 40.4 Å². The highest BCUT2D eigenvalue weighted by Gasteiger charge is 2.14. The largest absolute Gasteiger partial charge is 0.497 e. The van der Waals surface area contributed by atoms with Gasteiger partial charge in [0.15, 0.2) is 10.8 Å². The summed E-state index contributed by atoms with van der Waals surface area (Å²) in [6.07, 6.45) is 3.18. The van der Waals surface area contributed by atoms with Crippen LogP contribution in [-0.2, 0) is 11.3 Å². The van der Waals surface area contributed by atoms with E-state index in [1.165, 1.54) is 18.8 Å². The van der Waals surface area contributed by atoms with Gasteiger partial charge in [-0.1, -0.05) is 17.8 Å². The van der Waals surface area contributed by atoms with E-state index in [1.807, 2.05) is 0 Å². The number of methoxy groups -OCH3 is 2. The summed E-state index contributed by atoms with van der Waals surface area (Å²) < 4.78 is 11.9. The van der Waals surface area contributed by atoms with E-state index < -0.39 is 0 Å². The van der Waals surface area contributed by atoms with Crippen LogP contribution in [0, 0.1) is 0 Å². The number of thioether (sulfide) groups is 1. The molecule has 2 aromatic heterocycles. The summed E-state index contributed by atoms with van der Waals surface area (Å²) >= 11 is 1.15. The van der Waals surface area contributed by atoms with Gasteiger partial charge in [-0.25, -0.2) is 9.97 Å². The molecule has 0 unspecified atom stereocenters. The Kier molecular flexibility index (Phi) is 6.50. The number of carbonyl (C=O) groups is 1. The van der Waals surface area contributed by atoms with E-state index in [2.05, 4.69) is 21.9 Å². The standard InChI is InChI=1S/C20H20N4O4S/c1-4-8-24-19(26)16-6-5-7-21-18(16)23-20(24)29-12-17(25)22-13-9-14(27-2)11-15(10-13)28-3/h4-7,9-11H,1,8,12H2,2-3H3,(H,22,25). The van der Waals surface area contributed by atoms with Crippen LogP contribution >= 0.6 is 11.8 Å². The second-order valence-corrected chi connectivity index (χ2v) is 6.85. The average molecular weight is 412 g/mol. The maximum atomic E-state index is 12.7. The molecule has 0 spiro atoms. The minimum absolute atomic E-state index is 0.0570. The zero-order valence-corrected chi connectivity index (χ0v) is 16.9. The van der Waals surface area contributed by atoms with Gasteiger partial charge in [-0.3, -0.25) is 14.2 Å². The molecule has 0 aliphatic rings. The fourth-order valence-electron chi connectivity index (χ4n) is 2.64. The Hall–Kier alpha value is -3.33. The molecule has 0 fully saturated rings. The summed E-state index contributed by atoms with van der Waals surface area (Å²) in [7, 11) is 3.07. The number of nitrogens with one attached hydrogen (secondary N) is 1. The van der Waals surface area contributed by atoms with Crippen LogP contribution < -0.4 is 20.3 Å². The molecule has 0 radical (unpaired) electrons. The molecule has 3 rings (SSSR count). The van der Waals surface area contributed by atoms with Crippen LogP contribution in [0.15, 0.2) is 59.1 Å². The number of pyridine rings is 1. The summed E-state index contributed by atoms with van der Waals surface area (Å²) in [4.78, 5) is 33.7. The number of ether oxygens (including phenoxy) is 2. The average Bonchev–Trinajstić information content (AvgIpc) is 2.74. The fraction of sp³-hybridized carbons (Fsp3) is 0.200. The molecule has 3 aromatic rings. The number of benzene rings is 1. The van der Waals surface area contributed by atoms with E-state index in [-0.39, 0.29) is 23.8 Å². The molecule has 0 bridgehead atoms. The van der Waals surface area contributed by atoms with E-state index in [9.17, 15) is 9.59 Å². The van der Waals surface area contributed by atoms with Crippen molar-refractivity contribution in [1.29, 1.82) is 0 Å². The van der Waals surface area contributed by atoms with Gasteiger partial charge >= 0.3 is 0 Å². The molecule has 9 heteroatoms. The molecule has 2 heterocycles. The smallest absolute Gasteiger partial charge is 0.263 e. The van der Waals surface area contributed by atoms with Gasteiger partial charge in [0.05, 0.1) is 25.4 Å². The zero-order valence-electron chi connectivity index (χ0n) is 16.0. The number of nitrogens with zero attached hydrogens (tertiary/aromatic N) is 3. The van der Waals surface area contributed by atoms with Crippen molar-refractivity contribution in [2.24, 2.45) is 0 Å². The number of fused-ring (bicyclic) bond motifs is 1. The quantitative estimate of drug-likeness (QED) is 0.345. The van der Waals surface area contributed by atoms with E-state index in [1.54, 1.807) is 42.6 Å². The van der Waals surface area contributed by atoms with Crippen LogP contribution in [0.4, 0.5) is 5.69 Å². The first-order valence-corrected chi connectivity index (χ1v) is 9.66. The number of anilines is 1. The number of rotatable bonds is 8. The molecule has 8 nitrogen and oxygen atoms in total. The lowest BCUT2D eigenvalue weighted by Crippen LogP contribution is -2.24. The highest BCUT2D eigenvalue weighted by molar-refractivity contribution is 7.99. The number of hydrogen-bond donors (Lipinski definition) is 1. The van der Waals surface area contributed by atoms with Gasteiger partial charge in [-0.15, -0.1) is 6.58 Å². The lowest BCUT2D eigenvalue weighted by molar-refractivity contribution is -0.113. The minimum atomic E-state index is -0.258. The lowest BCUT2D eigenvalue weighted by Gasteiger charge is -2.12. The Morgan fingerprint density at radius 1 is 1.28 bits per heavy atom. The lowest BCUT2D eigenvalue weighted by atomic mass is 10.2. The Morgan fingerprint density at radius 2 is 2.00 bits per heavy atom. The molecule has 0 saturated heterocycles. The topological polar surface area (TPSA) is 95.3 Å². The van der Waals surface area contributed by atoms with E-state index in [4.69, 9.17) is 9.47 Å². The number of allylic oxidation sites excluding steroid dienone is 1. The highest BCUT2D eigenvalue weighted by Crippen LogP contribution is 2.26. The summed E-state index contributed by atoms with van der Waals surface area (Å²) in [5.74, 6) is 0.927. The van der Waals surface area contributed by atoms with Crippen LogP contribution in [0.1, 0.15) is 0 Å². The van der Waals surface area contributed by atoms with Gasteiger partial charge in [0.25, 0.3) is 5.56 Å². The summed E-state index contributed by atoms with van der Waals surface area (Å²) in [5, 5.41) is 3.62. The Morgan fingerprint density at radius 3 is 2.66 bits per heavy atom. The first kappa shape index (κ1) is 20.4. The fourth-order valence-corrected chi connectivity index (χ4v) is 3.44. The van der Waals surface area contributed by atoms with Crippen molar-refractivity contribution < 1.29 is 14.3 Å². The number of carbonyl (C=O) groups excluding carboxylic acids is 1.